The van der Waals surface area contributed by atoms with E-state index in [1.54, 1.807) is 18.2 Å². The molecular formula is C14H21N3O3. The van der Waals surface area contributed by atoms with Gasteiger partial charge in [0.15, 0.2) is 5.75 Å². The summed E-state index contributed by atoms with van der Waals surface area (Å²) in [4.78, 5) is 25.5. The molecule has 3 N–H and O–H groups in total. The summed E-state index contributed by atoms with van der Waals surface area (Å²) in [6, 6.07) is 4.98. The van der Waals surface area contributed by atoms with E-state index in [1.807, 2.05) is 13.8 Å². The van der Waals surface area contributed by atoms with E-state index in [2.05, 4.69) is 5.32 Å². The molecule has 1 rings (SSSR count). The molecule has 1 aromatic carbocycles. The second-order valence-corrected chi connectivity index (χ2v) is 4.20. The molecule has 0 atom stereocenters. The standard InChI is InChI=1S/C14H21N3O3/c1-4-16-12(18)9-17(5-2)14(19)10-7-6-8-11(15)13(10)20-3/h6-8H,4-5,9,15H2,1-3H3,(H,16,18). The minimum Gasteiger partial charge on any atom is -0.494 e. The fourth-order valence-electron chi connectivity index (χ4n) is 1.88. The Hall–Kier alpha value is -2.24. The monoisotopic (exact) mass is 279 g/mol. The van der Waals surface area contributed by atoms with E-state index in [4.69, 9.17) is 10.5 Å². The Morgan fingerprint density at radius 3 is 2.60 bits per heavy atom. The molecule has 0 saturated carbocycles. The first-order valence-electron chi connectivity index (χ1n) is 6.53. The van der Waals surface area contributed by atoms with Gasteiger partial charge in [-0.2, -0.15) is 0 Å². The van der Waals surface area contributed by atoms with Gasteiger partial charge in [0, 0.05) is 13.1 Å². The van der Waals surface area contributed by atoms with Crippen LogP contribution in [0.25, 0.3) is 0 Å². The van der Waals surface area contributed by atoms with E-state index >= 15 is 0 Å². The van der Waals surface area contributed by atoms with Crippen molar-refractivity contribution in [1.29, 1.82) is 0 Å². The average molecular weight is 279 g/mol. The number of carbonyl (C=O) groups excluding carboxylic acids is 2. The Bertz CT molecular complexity index is 489. The number of hydrogen-bond donors (Lipinski definition) is 2. The van der Waals surface area contributed by atoms with Crippen LogP contribution >= 0.6 is 0 Å². The van der Waals surface area contributed by atoms with Crippen LogP contribution < -0.4 is 15.8 Å². The number of carbonyl (C=O) groups is 2. The summed E-state index contributed by atoms with van der Waals surface area (Å²) in [6.45, 7) is 4.62. The number of likely N-dealkylation sites (N-methyl/N-ethyl adjacent to an activating group) is 2. The van der Waals surface area contributed by atoms with Gasteiger partial charge in [0.25, 0.3) is 5.91 Å². The van der Waals surface area contributed by atoms with Crippen molar-refractivity contribution < 1.29 is 14.3 Å². The van der Waals surface area contributed by atoms with Crippen molar-refractivity contribution in [3.63, 3.8) is 0 Å². The summed E-state index contributed by atoms with van der Waals surface area (Å²) in [5.74, 6) is -0.125. The first-order chi connectivity index (χ1) is 9.54. The number of nitrogen functional groups attached to an aromatic ring is 1. The fraction of sp³-hybridized carbons (Fsp3) is 0.429. The summed E-state index contributed by atoms with van der Waals surface area (Å²) in [5, 5.41) is 2.67. The Balaban J connectivity index is 2.97. The second-order valence-electron chi connectivity index (χ2n) is 4.20. The highest BCUT2D eigenvalue weighted by Crippen LogP contribution is 2.26. The van der Waals surface area contributed by atoms with Crippen LogP contribution in [0.2, 0.25) is 0 Å². The van der Waals surface area contributed by atoms with E-state index in [-0.39, 0.29) is 18.4 Å². The number of nitrogens with two attached hydrogens (primary N) is 1. The van der Waals surface area contributed by atoms with Gasteiger partial charge >= 0.3 is 0 Å². The molecule has 0 fully saturated rings. The van der Waals surface area contributed by atoms with Crippen molar-refractivity contribution in [3.8, 4) is 5.75 Å². The third kappa shape index (κ3) is 3.63. The number of benzene rings is 1. The molecule has 6 nitrogen and oxygen atoms in total. The number of anilines is 1. The quantitative estimate of drug-likeness (QED) is 0.757. The van der Waals surface area contributed by atoms with E-state index < -0.39 is 0 Å². The van der Waals surface area contributed by atoms with Gasteiger partial charge in [0.1, 0.15) is 0 Å². The second kappa shape index (κ2) is 7.37. The van der Waals surface area contributed by atoms with E-state index in [0.29, 0.717) is 30.1 Å². The van der Waals surface area contributed by atoms with E-state index in [1.165, 1.54) is 12.0 Å². The molecular weight excluding hydrogens is 258 g/mol. The maximum absolute atomic E-state index is 12.5. The van der Waals surface area contributed by atoms with Crippen LogP contribution in [0, 0.1) is 0 Å². The lowest BCUT2D eigenvalue weighted by Crippen LogP contribution is -2.40. The zero-order valence-electron chi connectivity index (χ0n) is 12.1. The molecule has 1 aromatic rings. The molecule has 2 amide bonds. The van der Waals surface area contributed by atoms with Gasteiger partial charge in [-0.05, 0) is 26.0 Å². The SMILES string of the molecule is CCNC(=O)CN(CC)C(=O)c1cccc(N)c1OC. The molecule has 0 radical (unpaired) electrons. The van der Waals surface area contributed by atoms with Crippen molar-refractivity contribution in [2.75, 3.05) is 32.5 Å². The fourth-order valence-corrected chi connectivity index (χ4v) is 1.88. The Labute approximate surface area is 118 Å². The minimum atomic E-state index is -0.275. The van der Waals surface area contributed by atoms with Gasteiger partial charge in [-0.3, -0.25) is 9.59 Å². The zero-order chi connectivity index (χ0) is 15.1. The van der Waals surface area contributed by atoms with Gasteiger partial charge in [-0.15, -0.1) is 0 Å². The van der Waals surface area contributed by atoms with Gasteiger partial charge in [0.05, 0.1) is 24.9 Å². The number of nitrogens with one attached hydrogen (secondary N) is 1. The lowest BCUT2D eigenvalue weighted by Gasteiger charge is -2.21. The van der Waals surface area contributed by atoms with Crippen LogP contribution in [0.4, 0.5) is 5.69 Å². The predicted molar refractivity (Wildman–Crippen MR) is 77.7 cm³/mol. The highest BCUT2D eigenvalue weighted by Gasteiger charge is 2.21. The van der Waals surface area contributed by atoms with Gasteiger partial charge in [-0.1, -0.05) is 6.07 Å². The molecule has 0 unspecified atom stereocenters. The Morgan fingerprint density at radius 2 is 2.05 bits per heavy atom. The number of amides is 2. The molecule has 0 aromatic heterocycles. The first-order valence-corrected chi connectivity index (χ1v) is 6.53. The molecule has 20 heavy (non-hydrogen) atoms. The van der Waals surface area contributed by atoms with E-state index in [9.17, 15) is 9.59 Å². The van der Waals surface area contributed by atoms with Crippen LogP contribution in [0.5, 0.6) is 5.75 Å². The number of nitrogens with zero attached hydrogens (tertiary/aromatic N) is 1. The molecule has 0 saturated heterocycles. The van der Waals surface area contributed by atoms with Gasteiger partial charge in [0.2, 0.25) is 5.91 Å². The molecule has 110 valence electrons. The lowest BCUT2D eigenvalue weighted by atomic mass is 10.1. The normalized spacial score (nSPS) is 9.95. The number of hydrogen-bond acceptors (Lipinski definition) is 4. The third-order valence-electron chi connectivity index (χ3n) is 2.86. The molecule has 0 aliphatic carbocycles. The Morgan fingerprint density at radius 1 is 1.35 bits per heavy atom. The molecule has 0 aliphatic rings. The summed E-state index contributed by atoms with van der Waals surface area (Å²) in [7, 11) is 1.46. The van der Waals surface area contributed by atoms with Crippen LogP contribution in [-0.4, -0.2) is 43.5 Å². The molecule has 6 heteroatoms. The van der Waals surface area contributed by atoms with Gasteiger partial charge < -0.3 is 20.7 Å². The largest absolute Gasteiger partial charge is 0.494 e. The van der Waals surface area contributed by atoms with E-state index in [0.717, 1.165) is 0 Å². The summed E-state index contributed by atoms with van der Waals surface area (Å²) in [6.07, 6.45) is 0. The molecule has 0 spiro atoms. The topological polar surface area (TPSA) is 84.7 Å². The summed E-state index contributed by atoms with van der Waals surface area (Å²) >= 11 is 0. The smallest absolute Gasteiger partial charge is 0.258 e. The predicted octanol–water partition coefficient (Wildman–Crippen LogP) is 0.876. The van der Waals surface area contributed by atoms with Crippen LogP contribution in [0.15, 0.2) is 18.2 Å². The highest BCUT2D eigenvalue weighted by atomic mass is 16.5. The Kier molecular flexibility index (Phi) is 5.83. The van der Waals surface area contributed by atoms with Crippen LogP contribution in [-0.2, 0) is 4.79 Å². The highest BCUT2D eigenvalue weighted by molar-refractivity contribution is 6.00. The van der Waals surface area contributed by atoms with Crippen molar-refractivity contribution in [2.24, 2.45) is 0 Å². The van der Waals surface area contributed by atoms with Crippen LogP contribution in [0.1, 0.15) is 24.2 Å². The number of rotatable bonds is 6. The van der Waals surface area contributed by atoms with Crippen molar-refractivity contribution in [1.82, 2.24) is 10.2 Å². The number of ether oxygens (including phenoxy) is 1. The maximum atomic E-state index is 12.5. The van der Waals surface area contributed by atoms with Crippen molar-refractivity contribution in [2.45, 2.75) is 13.8 Å². The van der Waals surface area contributed by atoms with Gasteiger partial charge in [-0.25, -0.2) is 0 Å². The molecule has 0 aliphatic heterocycles. The maximum Gasteiger partial charge on any atom is 0.258 e. The number of para-hydroxylation sites is 1. The lowest BCUT2D eigenvalue weighted by molar-refractivity contribution is -0.121. The van der Waals surface area contributed by atoms with Crippen molar-refractivity contribution >= 4 is 17.5 Å². The third-order valence-corrected chi connectivity index (χ3v) is 2.86. The summed E-state index contributed by atoms with van der Waals surface area (Å²) < 4.78 is 5.17. The number of methoxy groups -OCH3 is 1. The minimum absolute atomic E-state index is 0.0150. The molecule has 0 bridgehead atoms. The van der Waals surface area contributed by atoms with Crippen LogP contribution in [0.3, 0.4) is 0 Å². The average Bonchev–Trinajstić information content (AvgIpc) is 2.44. The first kappa shape index (κ1) is 15.8. The zero-order valence-corrected chi connectivity index (χ0v) is 12.1. The molecule has 0 heterocycles. The summed E-state index contributed by atoms with van der Waals surface area (Å²) in [5.41, 5.74) is 6.54. The van der Waals surface area contributed by atoms with Crippen molar-refractivity contribution in [3.05, 3.63) is 23.8 Å².